The molecular weight excluding hydrogens is 354 g/mol. The number of rotatable bonds is 5. The standard InChI is InChI=1S/C21H23N5O2/c1-2-16-13-22-21(23-14-16)28-19-8-4-10-25(15-19)20(27)17-6-3-7-18(12-17)26-11-5-9-24-26/h3,5-7,9,11-14,19H,2,4,8,10,15H2,1H3. The molecule has 0 bridgehead atoms. The fourth-order valence-electron chi connectivity index (χ4n) is 3.34. The maximum Gasteiger partial charge on any atom is 0.316 e. The van der Waals surface area contributed by atoms with Gasteiger partial charge < -0.3 is 9.64 Å². The van der Waals surface area contributed by atoms with E-state index in [2.05, 4.69) is 22.0 Å². The van der Waals surface area contributed by atoms with Crippen LogP contribution >= 0.6 is 0 Å². The van der Waals surface area contributed by atoms with Gasteiger partial charge in [0.05, 0.1) is 12.2 Å². The third-order valence-electron chi connectivity index (χ3n) is 4.89. The lowest BCUT2D eigenvalue weighted by atomic mass is 10.1. The molecule has 4 rings (SSSR count). The summed E-state index contributed by atoms with van der Waals surface area (Å²) in [6, 6.07) is 9.75. The van der Waals surface area contributed by atoms with Crippen LogP contribution in [0.2, 0.25) is 0 Å². The quantitative estimate of drug-likeness (QED) is 0.684. The van der Waals surface area contributed by atoms with Gasteiger partial charge in [-0.05, 0) is 49.1 Å². The van der Waals surface area contributed by atoms with Crippen LogP contribution in [0.1, 0.15) is 35.7 Å². The molecule has 1 aromatic carbocycles. The lowest BCUT2D eigenvalue weighted by Gasteiger charge is -2.32. The van der Waals surface area contributed by atoms with Crippen molar-refractivity contribution < 1.29 is 9.53 Å². The fourth-order valence-corrected chi connectivity index (χ4v) is 3.34. The number of carbonyl (C=O) groups excluding carboxylic acids is 1. The number of nitrogens with zero attached hydrogens (tertiary/aromatic N) is 5. The zero-order valence-corrected chi connectivity index (χ0v) is 15.9. The Morgan fingerprint density at radius 1 is 1.25 bits per heavy atom. The van der Waals surface area contributed by atoms with Crippen molar-refractivity contribution >= 4 is 5.91 Å². The number of piperidine rings is 1. The van der Waals surface area contributed by atoms with Crippen LogP contribution < -0.4 is 4.74 Å². The predicted octanol–water partition coefficient (Wildman–Crippen LogP) is 2.91. The predicted molar refractivity (Wildman–Crippen MR) is 105 cm³/mol. The molecule has 2 aromatic heterocycles. The zero-order valence-electron chi connectivity index (χ0n) is 15.9. The van der Waals surface area contributed by atoms with E-state index in [4.69, 9.17) is 4.74 Å². The van der Waals surface area contributed by atoms with Gasteiger partial charge in [-0.25, -0.2) is 14.6 Å². The number of aryl methyl sites for hydroxylation is 1. The molecule has 7 heteroatoms. The number of benzene rings is 1. The van der Waals surface area contributed by atoms with Gasteiger partial charge in [-0.1, -0.05) is 13.0 Å². The van der Waals surface area contributed by atoms with Gasteiger partial charge >= 0.3 is 6.01 Å². The maximum atomic E-state index is 13.0. The zero-order chi connectivity index (χ0) is 19.3. The summed E-state index contributed by atoms with van der Waals surface area (Å²) < 4.78 is 7.67. The molecule has 1 aliphatic heterocycles. The fraction of sp³-hybridized carbons (Fsp3) is 0.333. The van der Waals surface area contributed by atoms with Crippen LogP contribution in [0.3, 0.4) is 0 Å². The van der Waals surface area contributed by atoms with Crippen LogP contribution in [-0.4, -0.2) is 49.7 Å². The molecule has 144 valence electrons. The first-order valence-electron chi connectivity index (χ1n) is 9.60. The molecule has 1 amide bonds. The van der Waals surface area contributed by atoms with Gasteiger partial charge in [-0.3, -0.25) is 4.79 Å². The molecule has 0 radical (unpaired) electrons. The third-order valence-corrected chi connectivity index (χ3v) is 4.89. The molecule has 1 fully saturated rings. The van der Waals surface area contributed by atoms with Crippen molar-refractivity contribution in [1.29, 1.82) is 0 Å². The topological polar surface area (TPSA) is 73.1 Å². The second-order valence-corrected chi connectivity index (χ2v) is 6.86. The minimum Gasteiger partial charge on any atom is -0.458 e. The molecule has 7 nitrogen and oxygen atoms in total. The molecule has 1 saturated heterocycles. The summed E-state index contributed by atoms with van der Waals surface area (Å²) in [5, 5.41) is 4.23. The van der Waals surface area contributed by atoms with E-state index in [1.54, 1.807) is 23.3 Å². The lowest BCUT2D eigenvalue weighted by molar-refractivity contribution is 0.0515. The first kappa shape index (κ1) is 18.2. The second-order valence-electron chi connectivity index (χ2n) is 6.86. The van der Waals surface area contributed by atoms with Gasteiger partial charge in [0.15, 0.2) is 0 Å². The van der Waals surface area contributed by atoms with Crippen molar-refractivity contribution in [2.75, 3.05) is 13.1 Å². The maximum absolute atomic E-state index is 13.0. The van der Waals surface area contributed by atoms with Gasteiger partial charge in [0.1, 0.15) is 6.10 Å². The number of amides is 1. The highest BCUT2D eigenvalue weighted by molar-refractivity contribution is 5.94. The summed E-state index contributed by atoms with van der Waals surface area (Å²) >= 11 is 0. The Morgan fingerprint density at radius 3 is 2.86 bits per heavy atom. The van der Waals surface area contributed by atoms with E-state index < -0.39 is 0 Å². The van der Waals surface area contributed by atoms with E-state index in [1.807, 2.05) is 41.4 Å². The monoisotopic (exact) mass is 377 g/mol. The van der Waals surface area contributed by atoms with E-state index in [9.17, 15) is 4.79 Å². The molecule has 0 saturated carbocycles. The average Bonchev–Trinajstić information content (AvgIpc) is 3.29. The first-order valence-corrected chi connectivity index (χ1v) is 9.60. The highest BCUT2D eigenvalue weighted by Gasteiger charge is 2.26. The molecule has 3 aromatic rings. The number of hydrogen-bond donors (Lipinski definition) is 0. The van der Waals surface area contributed by atoms with Crippen LogP contribution in [0.25, 0.3) is 5.69 Å². The van der Waals surface area contributed by atoms with Crippen LogP contribution in [0.5, 0.6) is 6.01 Å². The van der Waals surface area contributed by atoms with Crippen LogP contribution in [0.15, 0.2) is 55.1 Å². The summed E-state index contributed by atoms with van der Waals surface area (Å²) in [7, 11) is 0. The second kappa shape index (κ2) is 8.21. The summed E-state index contributed by atoms with van der Waals surface area (Å²) in [6.07, 6.45) is 9.72. The van der Waals surface area contributed by atoms with Gasteiger partial charge in [0, 0.05) is 36.9 Å². The largest absolute Gasteiger partial charge is 0.458 e. The number of hydrogen-bond acceptors (Lipinski definition) is 5. The summed E-state index contributed by atoms with van der Waals surface area (Å²) in [6.45, 7) is 3.31. The molecular formula is C21H23N5O2. The van der Waals surface area contributed by atoms with Crippen molar-refractivity contribution in [1.82, 2.24) is 24.6 Å². The Balaban J connectivity index is 1.44. The third kappa shape index (κ3) is 4.03. The number of aromatic nitrogens is 4. The number of likely N-dealkylation sites (tertiary alicyclic amines) is 1. The van der Waals surface area contributed by atoms with Crippen LogP contribution in [0, 0.1) is 0 Å². The van der Waals surface area contributed by atoms with Crippen molar-refractivity contribution in [2.45, 2.75) is 32.3 Å². The Bertz CT molecular complexity index is 924. The first-order chi connectivity index (χ1) is 13.7. The molecule has 0 aliphatic carbocycles. The normalized spacial score (nSPS) is 16.8. The molecule has 3 heterocycles. The van der Waals surface area contributed by atoms with Crippen LogP contribution in [0.4, 0.5) is 0 Å². The van der Waals surface area contributed by atoms with Crippen LogP contribution in [-0.2, 0) is 6.42 Å². The van der Waals surface area contributed by atoms with Gasteiger partial charge in [-0.15, -0.1) is 0 Å². The Kier molecular flexibility index (Phi) is 5.32. The molecule has 0 spiro atoms. The highest BCUT2D eigenvalue weighted by atomic mass is 16.5. The smallest absolute Gasteiger partial charge is 0.316 e. The van der Waals surface area contributed by atoms with E-state index in [1.165, 1.54) is 0 Å². The Morgan fingerprint density at radius 2 is 2.11 bits per heavy atom. The van der Waals surface area contributed by atoms with Crippen molar-refractivity contribution in [2.24, 2.45) is 0 Å². The molecule has 28 heavy (non-hydrogen) atoms. The van der Waals surface area contributed by atoms with E-state index >= 15 is 0 Å². The van der Waals surface area contributed by atoms with Crippen molar-refractivity contribution in [3.05, 3.63) is 66.2 Å². The summed E-state index contributed by atoms with van der Waals surface area (Å²) in [4.78, 5) is 23.4. The molecule has 0 N–H and O–H groups in total. The van der Waals surface area contributed by atoms with E-state index in [-0.39, 0.29) is 12.0 Å². The van der Waals surface area contributed by atoms with Gasteiger partial charge in [0.2, 0.25) is 0 Å². The Hall–Kier alpha value is -3.22. The minimum atomic E-state index is -0.0977. The van der Waals surface area contributed by atoms with Gasteiger partial charge in [-0.2, -0.15) is 5.10 Å². The van der Waals surface area contributed by atoms with E-state index in [0.29, 0.717) is 18.1 Å². The SMILES string of the molecule is CCc1cnc(OC2CCCN(C(=O)c3cccc(-n4cccn4)c3)C2)nc1. The summed E-state index contributed by atoms with van der Waals surface area (Å²) in [5.41, 5.74) is 2.59. The number of carbonyl (C=O) groups is 1. The lowest BCUT2D eigenvalue weighted by Crippen LogP contribution is -2.44. The van der Waals surface area contributed by atoms with Gasteiger partial charge in [0.25, 0.3) is 5.91 Å². The summed E-state index contributed by atoms with van der Waals surface area (Å²) in [5.74, 6) is 0.00422. The molecule has 1 atom stereocenters. The van der Waals surface area contributed by atoms with Crippen molar-refractivity contribution in [3.8, 4) is 11.7 Å². The molecule has 1 unspecified atom stereocenters. The number of ether oxygens (including phenoxy) is 1. The van der Waals surface area contributed by atoms with E-state index in [0.717, 1.165) is 37.1 Å². The minimum absolute atomic E-state index is 0.00422. The molecule has 1 aliphatic rings. The highest BCUT2D eigenvalue weighted by Crippen LogP contribution is 2.19. The Labute approximate surface area is 164 Å². The average molecular weight is 377 g/mol. The van der Waals surface area contributed by atoms with Crippen molar-refractivity contribution in [3.63, 3.8) is 0 Å².